The van der Waals surface area contributed by atoms with Crippen molar-refractivity contribution in [1.29, 1.82) is 0 Å². The van der Waals surface area contributed by atoms with Crippen molar-refractivity contribution in [1.82, 2.24) is 20.2 Å². The lowest BCUT2D eigenvalue weighted by Gasteiger charge is -2.22. The van der Waals surface area contributed by atoms with Crippen molar-refractivity contribution in [3.63, 3.8) is 0 Å². The molecule has 0 aliphatic heterocycles. The summed E-state index contributed by atoms with van der Waals surface area (Å²) < 4.78 is 0. The van der Waals surface area contributed by atoms with Crippen LogP contribution in [0.25, 0.3) is 44.0 Å². The second kappa shape index (κ2) is 5.91. The predicted octanol–water partition coefficient (Wildman–Crippen LogP) is 4.63. The van der Waals surface area contributed by atoms with Crippen molar-refractivity contribution < 1.29 is 5.11 Å². The topological polar surface area (TPSA) is 77.6 Å². The third-order valence-corrected chi connectivity index (χ3v) is 6.01. The number of pyridine rings is 1. The van der Waals surface area contributed by atoms with Gasteiger partial charge in [-0.1, -0.05) is 6.07 Å². The van der Waals surface area contributed by atoms with Crippen LogP contribution in [-0.4, -0.2) is 25.3 Å². The monoisotopic (exact) mass is 368 g/mol. The normalized spacial score (nSPS) is 14.2. The maximum atomic E-state index is 9.56. The van der Waals surface area contributed by atoms with Gasteiger partial charge >= 0.3 is 0 Å². The van der Waals surface area contributed by atoms with Crippen molar-refractivity contribution in [2.75, 3.05) is 0 Å². The number of aliphatic hydroxyl groups excluding tert-OH is 1. The molecular formula is C23H20N4O. The summed E-state index contributed by atoms with van der Waals surface area (Å²) in [5.41, 5.74) is 9.04. The van der Waals surface area contributed by atoms with Crippen LogP contribution in [0.2, 0.25) is 0 Å². The first-order valence-corrected chi connectivity index (χ1v) is 9.82. The van der Waals surface area contributed by atoms with Gasteiger partial charge in [-0.25, -0.2) is 4.98 Å². The van der Waals surface area contributed by atoms with Gasteiger partial charge in [0.15, 0.2) is 0 Å². The predicted molar refractivity (Wildman–Crippen MR) is 111 cm³/mol. The SMILES string of the molecule is OCc1cc2c(ccc3nc(-c4ccc5[nH]ncc5c4)c4c(c32)CCCC4)[nH]1. The van der Waals surface area contributed by atoms with Gasteiger partial charge in [0.25, 0.3) is 0 Å². The molecule has 6 rings (SSSR count). The van der Waals surface area contributed by atoms with Crippen LogP contribution >= 0.6 is 0 Å². The largest absolute Gasteiger partial charge is 0.390 e. The summed E-state index contributed by atoms with van der Waals surface area (Å²) in [6.45, 7) is 0.0224. The van der Waals surface area contributed by atoms with Crippen molar-refractivity contribution in [2.45, 2.75) is 32.3 Å². The number of nitrogens with one attached hydrogen (secondary N) is 2. The van der Waals surface area contributed by atoms with Crippen LogP contribution in [0, 0.1) is 0 Å². The highest BCUT2D eigenvalue weighted by Crippen LogP contribution is 2.38. The average molecular weight is 368 g/mol. The van der Waals surface area contributed by atoms with Gasteiger partial charge in [-0.3, -0.25) is 5.10 Å². The number of aromatic nitrogens is 4. The van der Waals surface area contributed by atoms with Crippen molar-refractivity contribution in [2.24, 2.45) is 0 Å². The number of aromatic amines is 2. The quantitative estimate of drug-likeness (QED) is 0.425. The Hall–Kier alpha value is -3.18. The van der Waals surface area contributed by atoms with E-state index in [1.807, 2.05) is 6.20 Å². The zero-order valence-corrected chi connectivity index (χ0v) is 15.4. The number of H-pyrrole nitrogens is 2. The average Bonchev–Trinajstić information content (AvgIpc) is 3.38. The maximum Gasteiger partial charge on any atom is 0.0831 e. The van der Waals surface area contributed by atoms with Gasteiger partial charge in [0, 0.05) is 32.9 Å². The molecule has 28 heavy (non-hydrogen) atoms. The second-order valence-corrected chi connectivity index (χ2v) is 7.67. The van der Waals surface area contributed by atoms with E-state index in [9.17, 15) is 5.11 Å². The number of hydrogen-bond donors (Lipinski definition) is 3. The van der Waals surface area contributed by atoms with Crippen molar-refractivity contribution >= 4 is 32.7 Å². The number of rotatable bonds is 2. The molecule has 3 aromatic heterocycles. The highest BCUT2D eigenvalue weighted by Gasteiger charge is 2.21. The molecule has 2 aromatic carbocycles. The van der Waals surface area contributed by atoms with Crippen LogP contribution < -0.4 is 0 Å². The number of fused-ring (bicyclic) bond motifs is 6. The maximum absolute atomic E-state index is 9.56. The van der Waals surface area contributed by atoms with Gasteiger partial charge in [0.2, 0.25) is 0 Å². The van der Waals surface area contributed by atoms with E-state index in [1.54, 1.807) is 0 Å². The summed E-state index contributed by atoms with van der Waals surface area (Å²) in [6, 6.07) is 12.7. The Morgan fingerprint density at radius 2 is 1.82 bits per heavy atom. The molecule has 0 saturated carbocycles. The van der Waals surface area contributed by atoms with Crippen molar-refractivity contribution in [3.8, 4) is 11.3 Å². The Morgan fingerprint density at radius 3 is 2.71 bits per heavy atom. The summed E-state index contributed by atoms with van der Waals surface area (Å²) in [5.74, 6) is 0. The molecule has 3 heterocycles. The molecular weight excluding hydrogens is 348 g/mol. The fourth-order valence-electron chi connectivity index (χ4n) is 4.71. The molecule has 1 aliphatic carbocycles. The summed E-state index contributed by atoms with van der Waals surface area (Å²) in [7, 11) is 0. The summed E-state index contributed by atoms with van der Waals surface area (Å²) in [4.78, 5) is 8.45. The number of hydrogen-bond acceptors (Lipinski definition) is 3. The highest BCUT2D eigenvalue weighted by atomic mass is 16.3. The minimum Gasteiger partial charge on any atom is -0.390 e. The Kier molecular flexibility index (Phi) is 3.34. The van der Waals surface area contributed by atoms with Gasteiger partial charge < -0.3 is 10.1 Å². The zero-order valence-electron chi connectivity index (χ0n) is 15.4. The number of aryl methyl sites for hydroxylation is 1. The third-order valence-electron chi connectivity index (χ3n) is 6.01. The molecule has 138 valence electrons. The van der Waals surface area contributed by atoms with E-state index in [-0.39, 0.29) is 6.61 Å². The standard InChI is InChI=1S/C23H20N4O/c28-12-15-10-18-20(25-15)7-8-21-22(18)16-3-1-2-4-17(16)23(26-21)13-5-6-19-14(9-13)11-24-27-19/h5-11,25,28H,1-4,12H2,(H,24,27). The lowest BCUT2D eigenvalue weighted by atomic mass is 9.85. The van der Waals surface area contributed by atoms with Gasteiger partial charge in [-0.2, -0.15) is 5.10 Å². The van der Waals surface area contributed by atoms with Crippen molar-refractivity contribution in [3.05, 3.63) is 59.4 Å². The van der Waals surface area contributed by atoms with E-state index < -0.39 is 0 Å². The van der Waals surface area contributed by atoms with E-state index in [0.717, 1.165) is 51.7 Å². The van der Waals surface area contributed by atoms with Gasteiger partial charge in [-0.15, -0.1) is 0 Å². The van der Waals surface area contributed by atoms with E-state index in [1.165, 1.54) is 34.7 Å². The summed E-state index contributed by atoms with van der Waals surface area (Å²) >= 11 is 0. The molecule has 3 N–H and O–H groups in total. The van der Waals surface area contributed by atoms with Crippen LogP contribution in [0.4, 0.5) is 0 Å². The van der Waals surface area contributed by atoms with Gasteiger partial charge in [-0.05, 0) is 67.1 Å². The van der Waals surface area contributed by atoms with Crippen LogP contribution in [0.1, 0.15) is 29.7 Å². The first kappa shape index (κ1) is 15.8. The molecule has 1 aliphatic rings. The van der Waals surface area contributed by atoms with Gasteiger partial charge in [0.1, 0.15) is 0 Å². The fourth-order valence-corrected chi connectivity index (χ4v) is 4.71. The Labute approximate surface area is 161 Å². The van der Waals surface area contributed by atoms with E-state index in [2.05, 4.69) is 51.6 Å². The molecule has 0 bridgehead atoms. The fraction of sp³-hybridized carbons (Fsp3) is 0.217. The molecule has 0 amide bonds. The molecule has 0 radical (unpaired) electrons. The van der Waals surface area contributed by atoms with Crippen LogP contribution in [-0.2, 0) is 19.4 Å². The van der Waals surface area contributed by atoms with Gasteiger partial charge in [0.05, 0.1) is 29.5 Å². The second-order valence-electron chi connectivity index (χ2n) is 7.67. The molecule has 5 heteroatoms. The Morgan fingerprint density at radius 1 is 0.964 bits per heavy atom. The van der Waals surface area contributed by atoms with Crippen LogP contribution in [0.5, 0.6) is 0 Å². The van der Waals surface area contributed by atoms with E-state index in [4.69, 9.17) is 4.98 Å². The highest BCUT2D eigenvalue weighted by molar-refractivity contribution is 6.08. The molecule has 0 atom stereocenters. The lowest BCUT2D eigenvalue weighted by molar-refractivity contribution is 0.278. The first-order chi connectivity index (χ1) is 13.8. The molecule has 5 aromatic rings. The number of aliphatic hydroxyl groups is 1. The number of benzene rings is 2. The third kappa shape index (κ3) is 2.23. The minimum atomic E-state index is 0.0224. The molecule has 0 fully saturated rings. The lowest BCUT2D eigenvalue weighted by Crippen LogP contribution is -2.07. The molecule has 0 saturated heterocycles. The molecule has 5 nitrogen and oxygen atoms in total. The Bertz CT molecular complexity index is 1360. The molecule has 0 unspecified atom stereocenters. The van der Waals surface area contributed by atoms with Crippen LogP contribution in [0.15, 0.2) is 42.6 Å². The van der Waals surface area contributed by atoms with E-state index >= 15 is 0 Å². The van der Waals surface area contributed by atoms with Crippen LogP contribution in [0.3, 0.4) is 0 Å². The zero-order chi connectivity index (χ0) is 18.7. The Balaban J connectivity index is 1.69. The molecule has 0 spiro atoms. The summed E-state index contributed by atoms with van der Waals surface area (Å²) in [5, 5.41) is 20.3. The smallest absolute Gasteiger partial charge is 0.0831 e. The first-order valence-electron chi connectivity index (χ1n) is 9.82. The van der Waals surface area contributed by atoms with E-state index in [0.29, 0.717) is 0 Å². The summed E-state index contributed by atoms with van der Waals surface area (Å²) in [6.07, 6.45) is 6.41. The minimum absolute atomic E-state index is 0.0224. The number of nitrogens with zero attached hydrogens (tertiary/aromatic N) is 2.